The van der Waals surface area contributed by atoms with Gasteiger partial charge in [-0.05, 0) is 41.9 Å². The largest absolute Gasteiger partial charge is 0.493 e. The van der Waals surface area contributed by atoms with Gasteiger partial charge in [-0.15, -0.1) is 6.58 Å². The third kappa shape index (κ3) is 4.04. The summed E-state index contributed by atoms with van der Waals surface area (Å²) in [5.74, 6) is 1.79. The second-order valence-electron chi connectivity index (χ2n) is 6.39. The van der Waals surface area contributed by atoms with Gasteiger partial charge in [0.1, 0.15) is 5.75 Å². The van der Waals surface area contributed by atoms with Crippen molar-refractivity contribution in [3.8, 4) is 5.75 Å². The Labute approximate surface area is 140 Å². The zero-order valence-electron chi connectivity index (χ0n) is 13.8. The van der Waals surface area contributed by atoms with E-state index in [1.165, 1.54) is 42.4 Å². The molecule has 3 rings (SSSR count). The Kier molecular flexibility index (Phi) is 5.52. The molecule has 23 heavy (non-hydrogen) atoms. The highest BCUT2D eigenvalue weighted by molar-refractivity contribution is 5.45. The molecule has 0 heterocycles. The van der Waals surface area contributed by atoms with Crippen molar-refractivity contribution < 1.29 is 4.74 Å². The van der Waals surface area contributed by atoms with Crippen molar-refractivity contribution in [1.29, 1.82) is 0 Å². The molecule has 0 N–H and O–H groups in total. The van der Waals surface area contributed by atoms with Crippen LogP contribution in [0, 0.1) is 0 Å². The Morgan fingerprint density at radius 2 is 1.78 bits per heavy atom. The second-order valence-corrected chi connectivity index (χ2v) is 6.39. The van der Waals surface area contributed by atoms with Gasteiger partial charge in [-0.2, -0.15) is 0 Å². The van der Waals surface area contributed by atoms with Crippen LogP contribution in [0.3, 0.4) is 0 Å². The van der Waals surface area contributed by atoms with Gasteiger partial charge in [0.25, 0.3) is 0 Å². The Morgan fingerprint density at radius 1 is 1.00 bits per heavy atom. The molecule has 1 heteroatoms. The maximum atomic E-state index is 6.29. The van der Waals surface area contributed by atoms with Crippen LogP contribution < -0.4 is 4.74 Å². The fraction of sp³-hybridized carbons (Fsp3) is 0.364. The monoisotopic (exact) mass is 306 g/mol. The lowest BCUT2D eigenvalue weighted by Gasteiger charge is -2.19. The Hall–Kier alpha value is -2.02. The molecular weight excluding hydrogens is 280 g/mol. The van der Waals surface area contributed by atoms with Gasteiger partial charge in [0.2, 0.25) is 0 Å². The van der Waals surface area contributed by atoms with E-state index in [4.69, 9.17) is 4.74 Å². The van der Waals surface area contributed by atoms with Crippen molar-refractivity contribution >= 4 is 0 Å². The van der Waals surface area contributed by atoms with Crippen molar-refractivity contribution in [3.63, 3.8) is 0 Å². The zero-order chi connectivity index (χ0) is 15.9. The number of hydrogen-bond acceptors (Lipinski definition) is 1. The van der Waals surface area contributed by atoms with Gasteiger partial charge in [0.15, 0.2) is 0 Å². The normalized spacial score (nSPS) is 14.8. The summed E-state index contributed by atoms with van der Waals surface area (Å²) in [5, 5.41) is 0. The predicted octanol–water partition coefficient (Wildman–Crippen LogP) is 5.69. The van der Waals surface area contributed by atoms with Gasteiger partial charge in [-0.1, -0.05) is 67.4 Å². The van der Waals surface area contributed by atoms with E-state index in [2.05, 4.69) is 55.1 Å². The minimum Gasteiger partial charge on any atom is -0.493 e. The molecule has 0 amide bonds. The van der Waals surface area contributed by atoms with E-state index in [9.17, 15) is 0 Å². The molecule has 0 atom stereocenters. The molecular formula is C22H26O. The maximum absolute atomic E-state index is 6.29. The quantitative estimate of drug-likeness (QED) is 0.597. The highest BCUT2D eigenvalue weighted by Crippen LogP contribution is 2.40. The summed E-state index contributed by atoms with van der Waals surface area (Å²) in [6, 6.07) is 17.2. The topological polar surface area (TPSA) is 9.23 Å². The van der Waals surface area contributed by atoms with E-state index < -0.39 is 0 Å². The first kappa shape index (κ1) is 15.9. The molecule has 0 unspecified atom stereocenters. The van der Waals surface area contributed by atoms with Gasteiger partial charge in [0.05, 0.1) is 6.61 Å². The molecule has 0 aromatic heterocycles. The summed E-state index contributed by atoms with van der Waals surface area (Å²) in [5.41, 5.74) is 4.02. The lowest BCUT2D eigenvalue weighted by atomic mass is 9.93. The third-order valence-corrected chi connectivity index (χ3v) is 4.77. The summed E-state index contributed by atoms with van der Waals surface area (Å²) in [6.07, 6.45) is 9.09. The van der Waals surface area contributed by atoms with Crippen LogP contribution in [0.15, 0.2) is 61.2 Å². The van der Waals surface area contributed by atoms with E-state index in [0.717, 1.165) is 25.2 Å². The molecule has 1 saturated carbocycles. The van der Waals surface area contributed by atoms with Crippen LogP contribution in [0.1, 0.15) is 48.3 Å². The molecule has 1 aliphatic rings. The van der Waals surface area contributed by atoms with Crippen LogP contribution in [0.5, 0.6) is 5.75 Å². The van der Waals surface area contributed by atoms with E-state index in [0.29, 0.717) is 5.92 Å². The molecule has 0 aliphatic heterocycles. The number of hydrogen-bond donors (Lipinski definition) is 0. The van der Waals surface area contributed by atoms with Gasteiger partial charge < -0.3 is 4.74 Å². The van der Waals surface area contributed by atoms with Crippen LogP contribution in [-0.2, 0) is 12.8 Å². The summed E-state index contributed by atoms with van der Waals surface area (Å²) >= 11 is 0. The number of ether oxygens (including phenoxy) is 1. The molecule has 0 saturated heterocycles. The molecule has 1 fully saturated rings. The van der Waals surface area contributed by atoms with Crippen LogP contribution in [0.2, 0.25) is 0 Å². The van der Waals surface area contributed by atoms with E-state index in [-0.39, 0.29) is 0 Å². The first-order chi connectivity index (χ1) is 11.4. The van der Waals surface area contributed by atoms with Crippen LogP contribution in [-0.4, -0.2) is 6.61 Å². The van der Waals surface area contributed by atoms with E-state index in [1.807, 2.05) is 6.08 Å². The molecule has 0 spiro atoms. The highest BCUT2D eigenvalue weighted by Gasteiger charge is 2.22. The number of allylic oxidation sites excluding steroid dienone is 1. The van der Waals surface area contributed by atoms with Gasteiger partial charge in [0, 0.05) is 6.42 Å². The summed E-state index contributed by atoms with van der Waals surface area (Å²) in [6.45, 7) is 4.63. The predicted molar refractivity (Wildman–Crippen MR) is 97.2 cm³/mol. The number of benzene rings is 2. The third-order valence-electron chi connectivity index (χ3n) is 4.77. The minimum absolute atomic E-state index is 0.673. The molecule has 120 valence electrons. The lowest BCUT2D eigenvalue weighted by Crippen LogP contribution is -2.07. The van der Waals surface area contributed by atoms with Crippen molar-refractivity contribution in [2.45, 2.75) is 44.4 Å². The number of para-hydroxylation sites is 1. The van der Waals surface area contributed by atoms with Crippen molar-refractivity contribution in [1.82, 2.24) is 0 Å². The highest BCUT2D eigenvalue weighted by atomic mass is 16.5. The first-order valence-corrected chi connectivity index (χ1v) is 8.78. The van der Waals surface area contributed by atoms with Gasteiger partial charge in [-0.3, -0.25) is 0 Å². The smallest absolute Gasteiger partial charge is 0.126 e. The molecule has 2 aromatic rings. The van der Waals surface area contributed by atoms with Crippen molar-refractivity contribution in [2.24, 2.45) is 0 Å². The second kappa shape index (κ2) is 8.01. The SMILES string of the molecule is C=CCc1cccc(C2CCCC2)c1OCCc1ccccc1. The molecule has 2 aromatic carbocycles. The summed E-state index contributed by atoms with van der Waals surface area (Å²) < 4.78 is 6.29. The van der Waals surface area contributed by atoms with Crippen molar-refractivity contribution in [2.75, 3.05) is 6.61 Å². The van der Waals surface area contributed by atoms with Crippen LogP contribution in [0.4, 0.5) is 0 Å². The van der Waals surface area contributed by atoms with Gasteiger partial charge >= 0.3 is 0 Å². The maximum Gasteiger partial charge on any atom is 0.126 e. The van der Waals surface area contributed by atoms with Gasteiger partial charge in [-0.25, -0.2) is 0 Å². The summed E-state index contributed by atoms with van der Waals surface area (Å²) in [7, 11) is 0. The molecule has 1 aliphatic carbocycles. The Bertz CT molecular complexity index is 624. The number of rotatable bonds is 7. The standard InChI is InChI=1S/C22H26O/c1-2-9-20-14-8-15-21(19-12-6-7-13-19)22(20)23-17-16-18-10-4-3-5-11-18/h2-5,8,10-11,14-15,19H,1,6-7,9,12-13,16-17H2. The fourth-order valence-corrected chi connectivity index (χ4v) is 3.57. The average Bonchev–Trinajstić information content (AvgIpc) is 3.12. The zero-order valence-corrected chi connectivity index (χ0v) is 13.8. The summed E-state index contributed by atoms with van der Waals surface area (Å²) in [4.78, 5) is 0. The van der Waals surface area contributed by atoms with Crippen LogP contribution >= 0.6 is 0 Å². The fourth-order valence-electron chi connectivity index (χ4n) is 3.57. The molecule has 1 nitrogen and oxygen atoms in total. The average molecular weight is 306 g/mol. The first-order valence-electron chi connectivity index (χ1n) is 8.78. The minimum atomic E-state index is 0.673. The lowest BCUT2D eigenvalue weighted by molar-refractivity contribution is 0.313. The van der Waals surface area contributed by atoms with E-state index in [1.54, 1.807) is 0 Å². The Morgan fingerprint density at radius 3 is 2.52 bits per heavy atom. The Balaban J connectivity index is 1.76. The van der Waals surface area contributed by atoms with Crippen LogP contribution in [0.25, 0.3) is 0 Å². The van der Waals surface area contributed by atoms with Crippen molar-refractivity contribution in [3.05, 3.63) is 77.9 Å². The van der Waals surface area contributed by atoms with E-state index >= 15 is 0 Å². The molecule has 0 bridgehead atoms. The molecule has 0 radical (unpaired) electrons.